The first-order chi connectivity index (χ1) is 7.47. The van der Waals surface area contributed by atoms with Crippen LogP contribution in [-0.4, -0.2) is 35.1 Å². The van der Waals surface area contributed by atoms with Crippen molar-refractivity contribution >= 4 is 5.91 Å². The maximum absolute atomic E-state index is 12.0. The fourth-order valence-corrected chi connectivity index (χ4v) is 2.22. The van der Waals surface area contributed by atoms with E-state index in [1.165, 1.54) is 32.1 Å². The van der Waals surface area contributed by atoms with Crippen LogP contribution in [0.2, 0.25) is 0 Å². The molecule has 0 atom stereocenters. The first-order valence-electron chi connectivity index (χ1n) is 6.35. The van der Waals surface area contributed by atoms with Crippen LogP contribution in [0.15, 0.2) is 0 Å². The van der Waals surface area contributed by atoms with Crippen molar-refractivity contribution in [1.29, 1.82) is 0 Å². The number of aliphatic hydroxyl groups is 1. The molecule has 0 bridgehead atoms. The number of likely N-dealkylation sites (N-methyl/N-ethyl adjacent to an activating group) is 1. The van der Waals surface area contributed by atoms with Gasteiger partial charge in [-0.1, -0.05) is 19.3 Å². The highest BCUT2D eigenvalue weighted by molar-refractivity contribution is 5.77. The van der Waals surface area contributed by atoms with Gasteiger partial charge in [-0.15, -0.1) is 0 Å². The molecule has 1 amide bonds. The molecule has 0 aromatic rings. The largest absolute Gasteiger partial charge is 0.394 e. The molecule has 3 nitrogen and oxygen atoms in total. The van der Waals surface area contributed by atoms with E-state index in [9.17, 15) is 9.90 Å². The minimum Gasteiger partial charge on any atom is -0.394 e. The van der Waals surface area contributed by atoms with E-state index in [1.54, 1.807) is 11.9 Å². The van der Waals surface area contributed by atoms with Gasteiger partial charge in [0, 0.05) is 13.5 Å². The first kappa shape index (κ1) is 13.5. The molecule has 1 N–H and O–H groups in total. The number of aliphatic hydroxyl groups excluding tert-OH is 1. The van der Waals surface area contributed by atoms with Gasteiger partial charge in [-0.2, -0.15) is 0 Å². The van der Waals surface area contributed by atoms with Crippen LogP contribution >= 0.6 is 0 Å². The van der Waals surface area contributed by atoms with Crippen molar-refractivity contribution < 1.29 is 9.90 Å². The molecule has 0 radical (unpaired) electrons. The second-order valence-electron chi connectivity index (χ2n) is 5.63. The normalized spacial score (nSPS) is 18.5. The summed E-state index contributed by atoms with van der Waals surface area (Å²) in [6.45, 7) is 3.80. The molecule has 0 aliphatic heterocycles. The average Bonchev–Trinajstić information content (AvgIpc) is 2.29. The summed E-state index contributed by atoms with van der Waals surface area (Å²) < 4.78 is 0. The van der Waals surface area contributed by atoms with Crippen LogP contribution in [0, 0.1) is 5.92 Å². The fourth-order valence-electron chi connectivity index (χ4n) is 2.22. The SMILES string of the molecule is CN(C(=O)CC1CCCCC1)C(C)(C)CO. The van der Waals surface area contributed by atoms with E-state index in [4.69, 9.17) is 0 Å². The van der Waals surface area contributed by atoms with Crippen LogP contribution in [0.4, 0.5) is 0 Å². The summed E-state index contributed by atoms with van der Waals surface area (Å²) in [6, 6.07) is 0. The van der Waals surface area contributed by atoms with E-state index in [1.807, 2.05) is 13.8 Å². The van der Waals surface area contributed by atoms with Gasteiger partial charge in [0.15, 0.2) is 0 Å². The molecule has 0 heterocycles. The molecular weight excluding hydrogens is 202 g/mol. The molecule has 0 unspecified atom stereocenters. The number of carbonyl (C=O) groups excluding carboxylic acids is 1. The minimum absolute atomic E-state index is 0.0138. The Labute approximate surface area is 98.8 Å². The van der Waals surface area contributed by atoms with Gasteiger partial charge in [-0.05, 0) is 32.6 Å². The first-order valence-corrected chi connectivity index (χ1v) is 6.35. The lowest BCUT2D eigenvalue weighted by atomic mass is 9.86. The molecule has 1 aliphatic carbocycles. The van der Waals surface area contributed by atoms with E-state index in [2.05, 4.69) is 0 Å². The summed E-state index contributed by atoms with van der Waals surface area (Å²) >= 11 is 0. The van der Waals surface area contributed by atoms with E-state index < -0.39 is 5.54 Å². The molecule has 1 saturated carbocycles. The van der Waals surface area contributed by atoms with Crippen molar-refractivity contribution in [2.24, 2.45) is 5.92 Å². The molecule has 3 heteroatoms. The molecule has 1 fully saturated rings. The van der Waals surface area contributed by atoms with Crippen molar-refractivity contribution in [2.45, 2.75) is 57.9 Å². The Morgan fingerprint density at radius 2 is 1.88 bits per heavy atom. The van der Waals surface area contributed by atoms with E-state index in [0.717, 1.165) is 0 Å². The molecule has 1 aliphatic rings. The lowest BCUT2D eigenvalue weighted by molar-refractivity contribution is -0.137. The molecule has 0 aromatic carbocycles. The molecular formula is C13H25NO2. The molecule has 94 valence electrons. The Hall–Kier alpha value is -0.570. The van der Waals surface area contributed by atoms with Crippen molar-refractivity contribution in [3.63, 3.8) is 0 Å². The zero-order chi connectivity index (χ0) is 12.2. The van der Waals surface area contributed by atoms with Crippen molar-refractivity contribution in [1.82, 2.24) is 4.90 Å². The third kappa shape index (κ3) is 3.48. The molecule has 16 heavy (non-hydrogen) atoms. The lowest BCUT2D eigenvalue weighted by Crippen LogP contribution is -2.48. The number of rotatable bonds is 4. The number of hydrogen-bond donors (Lipinski definition) is 1. The number of hydrogen-bond acceptors (Lipinski definition) is 2. The van der Waals surface area contributed by atoms with Crippen molar-refractivity contribution in [3.8, 4) is 0 Å². The summed E-state index contributed by atoms with van der Waals surface area (Å²) in [7, 11) is 1.79. The van der Waals surface area contributed by atoms with E-state index in [-0.39, 0.29) is 12.5 Å². The van der Waals surface area contributed by atoms with Crippen LogP contribution < -0.4 is 0 Å². The predicted molar refractivity (Wildman–Crippen MR) is 65.1 cm³/mol. The van der Waals surface area contributed by atoms with Crippen LogP contribution in [-0.2, 0) is 4.79 Å². The maximum Gasteiger partial charge on any atom is 0.223 e. The van der Waals surface area contributed by atoms with E-state index >= 15 is 0 Å². The average molecular weight is 227 g/mol. The Morgan fingerprint density at radius 3 is 2.38 bits per heavy atom. The summed E-state index contributed by atoms with van der Waals surface area (Å²) in [5.41, 5.74) is -0.439. The zero-order valence-electron chi connectivity index (χ0n) is 10.8. The molecule has 0 aromatic heterocycles. The van der Waals surface area contributed by atoms with Gasteiger partial charge in [-0.3, -0.25) is 4.79 Å². The topological polar surface area (TPSA) is 40.5 Å². The molecule has 1 rings (SSSR count). The van der Waals surface area contributed by atoms with Crippen molar-refractivity contribution in [2.75, 3.05) is 13.7 Å². The quantitative estimate of drug-likeness (QED) is 0.799. The van der Waals surface area contributed by atoms with Crippen molar-refractivity contribution in [3.05, 3.63) is 0 Å². The maximum atomic E-state index is 12.0. The Kier molecular flexibility index (Phi) is 4.78. The van der Waals surface area contributed by atoms with Gasteiger partial charge >= 0.3 is 0 Å². The van der Waals surface area contributed by atoms with Crippen LogP contribution in [0.25, 0.3) is 0 Å². The third-order valence-electron chi connectivity index (χ3n) is 3.86. The summed E-state index contributed by atoms with van der Waals surface area (Å²) in [5.74, 6) is 0.740. The lowest BCUT2D eigenvalue weighted by Gasteiger charge is -2.35. The van der Waals surface area contributed by atoms with Crippen LogP contribution in [0.3, 0.4) is 0 Å². The van der Waals surface area contributed by atoms with E-state index in [0.29, 0.717) is 12.3 Å². The Bertz CT molecular complexity index is 232. The summed E-state index contributed by atoms with van der Waals surface area (Å²) in [6.07, 6.45) is 6.90. The highest BCUT2D eigenvalue weighted by Gasteiger charge is 2.28. The Morgan fingerprint density at radius 1 is 1.31 bits per heavy atom. The fraction of sp³-hybridized carbons (Fsp3) is 0.923. The minimum atomic E-state index is -0.439. The standard InChI is InChI=1S/C13H25NO2/c1-13(2,10-15)14(3)12(16)9-11-7-5-4-6-8-11/h11,15H,4-10H2,1-3H3. The third-order valence-corrected chi connectivity index (χ3v) is 3.86. The number of carbonyl (C=O) groups is 1. The smallest absolute Gasteiger partial charge is 0.223 e. The van der Waals surface area contributed by atoms with Gasteiger partial charge in [0.05, 0.1) is 12.1 Å². The van der Waals surface area contributed by atoms with Crippen LogP contribution in [0.1, 0.15) is 52.4 Å². The van der Waals surface area contributed by atoms with Gasteiger partial charge < -0.3 is 10.0 Å². The van der Waals surface area contributed by atoms with Gasteiger partial charge in [-0.25, -0.2) is 0 Å². The van der Waals surface area contributed by atoms with Crippen LogP contribution in [0.5, 0.6) is 0 Å². The second kappa shape index (κ2) is 5.67. The van der Waals surface area contributed by atoms with Gasteiger partial charge in [0.2, 0.25) is 5.91 Å². The summed E-state index contributed by atoms with van der Waals surface area (Å²) in [4.78, 5) is 13.7. The monoisotopic (exact) mass is 227 g/mol. The summed E-state index contributed by atoms with van der Waals surface area (Å²) in [5, 5.41) is 9.23. The number of nitrogens with zero attached hydrogens (tertiary/aromatic N) is 1. The predicted octanol–water partition coefficient (Wildman–Crippen LogP) is 2.19. The number of amides is 1. The molecule has 0 saturated heterocycles. The highest BCUT2D eigenvalue weighted by atomic mass is 16.3. The van der Waals surface area contributed by atoms with Gasteiger partial charge in [0.25, 0.3) is 0 Å². The van der Waals surface area contributed by atoms with Gasteiger partial charge in [0.1, 0.15) is 0 Å². The highest BCUT2D eigenvalue weighted by Crippen LogP contribution is 2.27. The Balaban J connectivity index is 2.44. The zero-order valence-corrected chi connectivity index (χ0v) is 10.8. The molecule has 0 spiro atoms. The second-order valence-corrected chi connectivity index (χ2v) is 5.63.